The van der Waals surface area contributed by atoms with E-state index in [-0.39, 0.29) is 46.8 Å². The molecular weight excluding hydrogens is 432 g/mol. The zero-order valence-electron chi connectivity index (χ0n) is 17.5. The molecule has 1 aliphatic carbocycles. The predicted molar refractivity (Wildman–Crippen MR) is 122 cm³/mol. The number of ketones is 2. The Morgan fingerprint density at radius 1 is 1.16 bits per heavy atom. The van der Waals surface area contributed by atoms with Gasteiger partial charge in [-0.1, -0.05) is 54.9 Å². The topological polar surface area (TPSA) is 124 Å². The van der Waals surface area contributed by atoms with Crippen LogP contribution in [0.15, 0.2) is 64.1 Å². The van der Waals surface area contributed by atoms with E-state index in [1.54, 1.807) is 0 Å². The molecule has 9 heteroatoms. The van der Waals surface area contributed by atoms with Crippen LogP contribution in [0.1, 0.15) is 32.2 Å². The normalized spacial score (nSPS) is 14.6. The van der Waals surface area contributed by atoms with Crippen LogP contribution in [-0.4, -0.2) is 33.6 Å². The number of benzene rings is 1. The second-order valence-electron chi connectivity index (χ2n) is 7.32. The number of nitrogens with two attached hydrogens (primary N) is 1. The van der Waals surface area contributed by atoms with E-state index in [9.17, 15) is 19.2 Å². The van der Waals surface area contributed by atoms with E-state index >= 15 is 0 Å². The van der Waals surface area contributed by atoms with Crippen molar-refractivity contribution in [2.45, 2.75) is 32.2 Å². The molecule has 0 saturated carbocycles. The van der Waals surface area contributed by atoms with Crippen LogP contribution in [0.2, 0.25) is 0 Å². The fraction of sp³-hybridized carbons (Fsp3) is 0.261. The number of amides is 1. The Balaban J connectivity index is 1.72. The Labute approximate surface area is 189 Å². The predicted octanol–water partition coefficient (Wildman–Crippen LogP) is 2.54. The van der Waals surface area contributed by atoms with Gasteiger partial charge in [-0.25, -0.2) is 4.98 Å². The average molecular weight is 455 g/mol. The number of allylic oxidation sites excluding steroid dienone is 3. The van der Waals surface area contributed by atoms with Gasteiger partial charge in [-0.2, -0.15) is 0 Å². The molecule has 1 atom stereocenters. The molecular formula is C23H23ClN4O4. The van der Waals surface area contributed by atoms with Crippen molar-refractivity contribution in [3.05, 3.63) is 69.6 Å². The van der Waals surface area contributed by atoms with Gasteiger partial charge < -0.3 is 11.1 Å². The minimum absolute atomic E-state index is 0.0340. The van der Waals surface area contributed by atoms with Crippen LogP contribution in [0, 0.1) is 0 Å². The highest BCUT2D eigenvalue weighted by molar-refractivity contribution is 6.61. The first kappa shape index (κ1) is 23.1. The first-order chi connectivity index (χ1) is 15.3. The molecule has 0 spiro atoms. The number of nitrogen functional groups attached to an aromatic ring is 1. The van der Waals surface area contributed by atoms with Gasteiger partial charge in [-0.3, -0.25) is 23.7 Å². The van der Waals surface area contributed by atoms with Gasteiger partial charge in [-0.15, -0.1) is 0 Å². The third-order valence-corrected chi connectivity index (χ3v) is 5.51. The molecule has 0 saturated heterocycles. The van der Waals surface area contributed by atoms with Gasteiger partial charge in [0.05, 0.1) is 11.2 Å². The van der Waals surface area contributed by atoms with Gasteiger partial charge in [0.2, 0.25) is 17.5 Å². The summed E-state index contributed by atoms with van der Waals surface area (Å²) in [6, 6.07) is 8.97. The highest BCUT2D eigenvalue weighted by Gasteiger charge is 2.25. The summed E-state index contributed by atoms with van der Waals surface area (Å²) < 4.78 is 1.54. The largest absolute Gasteiger partial charge is 0.393 e. The van der Waals surface area contributed by atoms with Gasteiger partial charge in [0.1, 0.15) is 11.5 Å². The summed E-state index contributed by atoms with van der Waals surface area (Å²) in [6.45, 7) is 1.84. The average Bonchev–Trinajstić information content (AvgIpc) is 2.80. The van der Waals surface area contributed by atoms with Crippen LogP contribution in [0.5, 0.6) is 0 Å². The zero-order chi connectivity index (χ0) is 23.3. The molecule has 1 amide bonds. The van der Waals surface area contributed by atoms with Gasteiger partial charge >= 0.3 is 0 Å². The van der Waals surface area contributed by atoms with E-state index in [0.29, 0.717) is 18.7 Å². The van der Waals surface area contributed by atoms with Gasteiger partial charge in [0, 0.05) is 30.1 Å². The lowest BCUT2D eigenvalue weighted by molar-refractivity contribution is -0.132. The lowest BCUT2D eigenvalue weighted by atomic mass is 10.0. The molecule has 0 fully saturated rings. The first-order valence-corrected chi connectivity index (χ1v) is 10.6. The SMILES string of the molecule is CCC(CCC(=O)NCC1=CC=C(Cl)C(=O)C1=O)n1c(-c2ccccc2)ncc(N)c1=O. The number of rotatable bonds is 8. The monoisotopic (exact) mass is 454 g/mol. The summed E-state index contributed by atoms with van der Waals surface area (Å²) in [7, 11) is 0. The van der Waals surface area contributed by atoms with Crippen LogP contribution in [0.25, 0.3) is 11.4 Å². The molecule has 0 bridgehead atoms. The van der Waals surface area contributed by atoms with Crippen molar-refractivity contribution in [1.82, 2.24) is 14.9 Å². The fourth-order valence-electron chi connectivity index (χ4n) is 3.44. The van der Waals surface area contributed by atoms with Crippen molar-refractivity contribution in [1.29, 1.82) is 0 Å². The molecule has 1 aliphatic rings. The molecule has 1 heterocycles. The van der Waals surface area contributed by atoms with E-state index in [2.05, 4.69) is 10.3 Å². The number of anilines is 1. The molecule has 32 heavy (non-hydrogen) atoms. The van der Waals surface area contributed by atoms with E-state index in [1.165, 1.54) is 22.9 Å². The second kappa shape index (κ2) is 10.2. The molecule has 1 aromatic heterocycles. The van der Waals surface area contributed by atoms with Crippen molar-refractivity contribution >= 4 is 34.8 Å². The fourth-order valence-corrected chi connectivity index (χ4v) is 3.59. The highest BCUT2D eigenvalue weighted by Crippen LogP contribution is 2.24. The number of halogens is 1. The van der Waals surface area contributed by atoms with Crippen molar-refractivity contribution in [3.63, 3.8) is 0 Å². The Hall–Kier alpha value is -3.52. The molecule has 2 aromatic rings. The van der Waals surface area contributed by atoms with Crippen molar-refractivity contribution in [2.75, 3.05) is 12.3 Å². The summed E-state index contributed by atoms with van der Waals surface area (Å²) in [5.74, 6) is -1.34. The maximum absolute atomic E-state index is 12.8. The van der Waals surface area contributed by atoms with Crippen LogP contribution < -0.4 is 16.6 Å². The van der Waals surface area contributed by atoms with E-state index in [0.717, 1.165) is 5.56 Å². The van der Waals surface area contributed by atoms with E-state index in [4.69, 9.17) is 17.3 Å². The Kier molecular flexibility index (Phi) is 7.37. The number of nitrogens with zero attached hydrogens (tertiary/aromatic N) is 2. The molecule has 0 aliphatic heterocycles. The molecule has 1 aromatic carbocycles. The smallest absolute Gasteiger partial charge is 0.277 e. The van der Waals surface area contributed by atoms with E-state index in [1.807, 2.05) is 37.3 Å². The number of aromatic nitrogens is 2. The number of Topliss-reactive ketones (excluding diaryl/α,β-unsaturated/α-hetero) is 2. The molecule has 0 radical (unpaired) electrons. The third-order valence-electron chi connectivity index (χ3n) is 5.21. The maximum Gasteiger partial charge on any atom is 0.277 e. The number of carbonyl (C=O) groups excluding carboxylic acids is 3. The molecule has 8 nitrogen and oxygen atoms in total. The van der Waals surface area contributed by atoms with Gasteiger partial charge in [-0.05, 0) is 18.9 Å². The van der Waals surface area contributed by atoms with Crippen LogP contribution in [-0.2, 0) is 14.4 Å². The highest BCUT2D eigenvalue weighted by atomic mass is 35.5. The molecule has 3 N–H and O–H groups in total. The number of carbonyl (C=O) groups is 3. The van der Waals surface area contributed by atoms with Gasteiger partial charge in [0.15, 0.2) is 0 Å². The lowest BCUT2D eigenvalue weighted by Crippen LogP contribution is -2.32. The summed E-state index contributed by atoms with van der Waals surface area (Å²) in [5, 5.41) is 2.49. The summed E-state index contributed by atoms with van der Waals surface area (Å²) in [4.78, 5) is 53.2. The molecule has 1 unspecified atom stereocenters. The number of hydrogen-bond acceptors (Lipinski definition) is 6. The van der Waals surface area contributed by atoms with Crippen LogP contribution in [0.4, 0.5) is 5.69 Å². The van der Waals surface area contributed by atoms with Crippen molar-refractivity contribution in [3.8, 4) is 11.4 Å². The number of nitrogens with one attached hydrogen (secondary N) is 1. The second-order valence-corrected chi connectivity index (χ2v) is 7.73. The quantitative estimate of drug-likeness (QED) is 0.466. The lowest BCUT2D eigenvalue weighted by Gasteiger charge is -2.22. The van der Waals surface area contributed by atoms with Crippen molar-refractivity contribution < 1.29 is 14.4 Å². The molecule has 166 valence electrons. The maximum atomic E-state index is 12.8. The Morgan fingerprint density at radius 3 is 2.56 bits per heavy atom. The minimum Gasteiger partial charge on any atom is -0.393 e. The Bertz CT molecular complexity index is 1170. The summed E-state index contributed by atoms with van der Waals surface area (Å²) >= 11 is 5.65. The summed E-state index contributed by atoms with van der Waals surface area (Å²) in [5.41, 5.74) is 6.44. The standard InChI is InChI=1S/C23H23ClN4O4/c1-2-16(9-11-19(29)26-12-15-8-10-17(24)21(31)20(15)30)28-22(14-6-4-3-5-7-14)27-13-18(25)23(28)32/h3-8,10,13,16H,2,9,11-12,25H2,1H3,(H,26,29). The van der Waals surface area contributed by atoms with E-state index < -0.39 is 11.6 Å². The zero-order valence-corrected chi connectivity index (χ0v) is 18.3. The van der Waals surface area contributed by atoms with Crippen molar-refractivity contribution in [2.24, 2.45) is 0 Å². The van der Waals surface area contributed by atoms with Gasteiger partial charge in [0.25, 0.3) is 5.56 Å². The van der Waals surface area contributed by atoms with Crippen LogP contribution >= 0.6 is 11.6 Å². The molecule has 3 rings (SSSR count). The first-order valence-electron chi connectivity index (χ1n) is 10.2. The Morgan fingerprint density at radius 2 is 1.88 bits per heavy atom. The minimum atomic E-state index is -0.786. The summed E-state index contributed by atoms with van der Waals surface area (Å²) in [6.07, 6.45) is 5.16. The number of hydrogen-bond donors (Lipinski definition) is 2. The van der Waals surface area contributed by atoms with Crippen LogP contribution in [0.3, 0.4) is 0 Å². The third kappa shape index (κ3) is 5.03.